The van der Waals surface area contributed by atoms with Gasteiger partial charge < -0.3 is 10.4 Å². The third kappa shape index (κ3) is 5.75. The van der Waals surface area contributed by atoms with E-state index in [1.54, 1.807) is 0 Å². The van der Waals surface area contributed by atoms with Crippen molar-refractivity contribution >= 4 is 17.6 Å². The van der Waals surface area contributed by atoms with Crippen molar-refractivity contribution in [1.29, 1.82) is 0 Å². The Morgan fingerprint density at radius 2 is 1.36 bits per heavy atom. The number of carboxylic acid groups (broad SMARTS) is 1. The molecule has 0 radical (unpaired) electrons. The van der Waals surface area contributed by atoms with E-state index in [1.807, 2.05) is 58.0 Å². The maximum Gasteiger partial charge on any atom is 0.304 e. The van der Waals surface area contributed by atoms with Gasteiger partial charge in [0, 0.05) is 5.69 Å². The third-order valence-electron chi connectivity index (χ3n) is 4.04. The quantitative estimate of drug-likeness (QED) is 0.829. The minimum Gasteiger partial charge on any atom is -0.481 e. The molecular formula is C21H25NO3. The van der Waals surface area contributed by atoms with Crippen LogP contribution in [0.15, 0.2) is 36.4 Å². The molecule has 4 heteroatoms. The van der Waals surface area contributed by atoms with Crippen LogP contribution in [0.5, 0.6) is 0 Å². The molecule has 0 aliphatic rings. The number of nitrogens with one attached hydrogen (secondary N) is 1. The average molecular weight is 339 g/mol. The summed E-state index contributed by atoms with van der Waals surface area (Å²) in [7, 11) is 0. The predicted molar refractivity (Wildman–Crippen MR) is 99.9 cm³/mol. The van der Waals surface area contributed by atoms with Gasteiger partial charge in [-0.2, -0.15) is 0 Å². The first-order valence-corrected chi connectivity index (χ1v) is 8.41. The van der Waals surface area contributed by atoms with E-state index in [-0.39, 0.29) is 12.3 Å². The Hall–Kier alpha value is -2.62. The molecule has 4 nitrogen and oxygen atoms in total. The van der Waals surface area contributed by atoms with Crippen LogP contribution in [0.4, 0.5) is 5.69 Å². The number of anilines is 1. The zero-order valence-electron chi connectivity index (χ0n) is 15.2. The second kappa shape index (κ2) is 7.97. The van der Waals surface area contributed by atoms with Gasteiger partial charge in [0.05, 0.1) is 12.3 Å². The first kappa shape index (κ1) is 18.7. The lowest BCUT2D eigenvalue weighted by Crippen LogP contribution is -2.27. The molecule has 0 fully saturated rings. The molecule has 1 amide bonds. The summed E-state index contributed by atoms with van der Waals surface area (Å²) < 4.78 is 0. The van der Waals surface area contributed by atoms with Crippen LogP contribution < -0.4 is 5.32 Å². The van der Waals surface area contributed by atoms with Gasteiger partial charge >= 0.3 is 5.97 Å². The van der Waals surface area contributed by atoms with Gasteiger partial charge in [-0.1, -0.05) is 35.4 Å². The third-order valence-corrected chi connectivity index (χ3v) is 4.04. The fraction of sp³-hybridized carbons (Fsp3) is 0.333. The Kier molecular flexibility index (Phi) is 5.97. The lowest BCUT2D eigenvalue weighted by molar-refractivity contribution is -0.140. The molecule has 2 rings (SSSR count). The molecule has 0 aliphatic heterocycles. The SMILES string of the molecule is Cc1cc(C)cc(CC(CC(=O)O)C(=O)Nc2cc(C)cc(C)c2)c1. The van der Waals surface area contributed by atoms with Gasteiger partial charge in [-0.25, -0.2) is 0 Å². The van der Waals surface area contributed by atoms with Crippen molar-refractivity contribution in [2.24, 2.45) is 5.92 Å². The topological polar surface area (TPSA) is 66.4 Å². The van der Waals surface area contributed by atoms with E-state index < -0.39 is 11.9 Å². The summed E-state index contributed by atoms with van der Waals surface area (Å²) in [5.41, 5.74) is 6.02. The molecule has 0 saturated heterocycles. The largest absolute Gasteiger partial charge is 0.481 e. The van der Waals surface area contributed by atoms with Crippen LogP contribution >= 0.6 is 0 Å². The summed E-state index contributed by atoms with van der Waals surface area (Å²) in [5.74, 6) is -1.84. The number of rotatable bonds is 6. The molecule has 25 heavy (non-hydrogen) atoms. The molecule has 0 spiro atoms. The number of carboxylic acids is 1. The number of aliphatic carboxylic acids is 1. The zero-order chi connectivity index (χ0) is 18.6. The Bertz CT molecular complexity index is 755. The summed E-state index contributed by atoms with van der Waals surface area (Å²) >= 11 is 0. The van der Waals surface area contributed by atoms with Crippen LogP contribution in [-0.2, 0) is 16.0 Å². The van der Waals surface area contributed by atoms with E-state index in [2.05, 4.69) is 11.4 Å². The van der Waals surface area contributed by atoms with Crippen LogP contribution in [-0.4, -0.2) is 17.0 Å². The highest BCUT2D eigenvalue weighted by molar-refractivity contribution is 5.94. The van der Waals surface area contributed by atoms with Gasteiger partial charge in [0.15, 0.2) is 0 Å². The molecular weight excluding hydrogens is 314 g/mol. The number of carbonyl (C=O) groups is 2. The Labute approximate surface area is 148 Å². The zero-order valence-corrected chi connectivity index (χ0v) is 15.2. The number of benzene rings is 2. The lowest BCUT2D eigenvalue weighted by atomic mass is 9.93. The fourth-order valence-electron chi connectivity index (χ4n) is 3.23. The van der Waals surface area contributed by atoms with E-state index in [1.165, 1.54) is 0 Å². The van der Waals surface area contributed by atoms with Crippen molar-refractivity contribution in [2.45, 2.75) is 40.5 Å². The summed E-state index contributed by atoms with van der Waals surface area (Å²) in [5, 5.41) is 12.1. The van der Waals surface area contributed by atoms with Gasteiger partial charge in [-0.3, -0.25) is 9.59 Å². The van der Waals surface area contributed by atoms with E-state index in [0.717, 1.165) is 27.8 Å². The second-order valence-corrected chi connectivity index (χ2v) is 6.86. The van der Waals surface area contributed by atoms with Crippen molar-refractivity contribution < 1.29 is 14.7 Å². The fourth-order valence-corrected chi connectivity index (χ4v) is 3.23. The molecule has 2 aromatic carbocycles. The van der Waals surface area contributed by atoms with E-state index in [4.69, 9.17) is 0 Å². The number of hydrogen-bond donors (Lipinski definition) is 2. The van der Waals surface area contributed by atoms with Crippen LogP contribution in [0.2, 0.25) is 0 Å². The molecule has 0 bridgehead atoms. The second-order valence-electron chi connectivity index (χ2n) is 6.86. The van der Waals surface area contributed by atoms with Gasteiger partial charge in [-0.05, 0) is 62.9 Å². The molecule has 0 heterocycles. The monoisotopic (exact) mass is 339 g/mol. The summed E-state index contributed by atoms with van der Waals surface area (Å²) in [6.07, 6.45) is 0.217. The predicted octanol–water partition coefficient (Wildman–Crippen LogP) is 4.19. The average Bonchev–Trinajstić information content (AvgIpc) is 2.43. The van der Waals surface area contributed by atoms with Gasteiger partial charge in [0.1, 0.15) is 0 Å². The summed E-state index contributed by atoms with van der Waals surface area (Å²) in [4.78, 5) is 23.9. The van der Waals surface area contributed by atoms with Crippen LogP contribution in [0.1, 0.15) is 34.2 Å². The molecule has 0 saturated carbocycles. The van der Waals surface area contributed by atoms with Gasteiger partial charge in [-0.15, -0.1) is 0 Å². The van der Waals surface area contributed by atoms with Crippen LogP contribution in [0.3, 0.4) is 0 Å². The van der Waals surface area contributed by atoms with E-state index >= 15 is 0 Å². The standard InChI is InChI=1S/C21H25NO3/c1-13-5-14(2)8-17(7-13)11-18(12-20(23)24)21(25)22-19-9-15(3)6-16(4)10-19/h5-10,18H,11-12H2,1-4H3,(H,22,25)(H,23,24). The molecule has 0 aromatic heterocycles. The Morgan fingerprint density at radius 1 is 0.880 bits per heavy atom. The molecule has 2 aromatic rings. The Balaban J connectivity index is 2.20. The molecule has 0 aliphatic carbocycles. The number of hydrogen-bond acceptors (Lipinski definition) is 2. The minimum atomic E-state index is -0.968. The molecule has 132 valence electrons. The smallest absolute Gasteiger partial charge is 0.304 e. The molecule has 2 N–H and O–H groups in total. The van der Waals surface area contributed by atoms with Crippen LogP contribution in [0.25, 0.3) is 0 Å². The van der Waals surface area contributed by atoms with Gasteiger partial charge in [0.25, 0.3) is 0 Å². The van der Waals surface area contributed by atoms with Crippen molar-refractivity contribution in [3.8, 4) is 0 Å². The number of aryl methyl sites for hydroxylation is 4. The van der Waals surface area contributed by atoms with E-state index in [0.29, 0.717) is 12.1 Å². The first-order chi connectivity index (χ1) is 11.7. The number of amides is 1. The minimum absolute atomic E-state index is 0.191. The van der Waals surface area contributed by atoms with Crippen molar-refractivity contribution in [2.75, 3.05) is 5.32 Å². The Morgan fingerprint density at radius 3 is 1.84 bits per heavy atom. The first-order valence-electron chi connectivity index (χ1n) is 8.41. The highest BCUT2D eigenvalue weighted by Gasteiger charge is 2.22. The van der Waals surface area contributed by atoms with Crippen LogP contribution in [0, 0.1) is 33.6 Å². The molecule has 1 unspecified atom stereocenters. The summed E-state index contributed by atoms with van der Waals surface area (Å²) in [6.45, 7) is 7.93. The van der Waals surface area contributed by atoms with Crippen molar-refractivity contribution in [3.63, 3.8) is 0 Å². The normalized spacial score (nSPS) is 11.8. The maximum atomic E-state index is 12.7. The van der Waals surface area contributed by atoms with Gasteiger partial charge in [0.2, 0.25) is 5.91 Å². The lowest BCUT2D eigenvalue weighted by Gasteiger charge is -2.16. The number of carbonyl (C=O) groups excluding carboxylic acids is 1. The highest BCUT2D eigenvalue weighted by atomic mass is 16.4. The van der Waals surface area contributed by atoms with Crippen molar-refractivity contribution in [1.82, 2.24) is 0 Å². The highest BCUT2D eigenvalue weighted by Crippen LogP contribution is 2.20. The van der Waals surface area contributed by atoms with Crippen molar-refractivity contribution in [3.05, 3.63) is 64.2 Å². The maximum absolute atomic E-state index is 12.7. The molecule has 1 atom stereocenters. The summed E-state index contributed by atoms with van der Waals surface area (Å²) in [6, 6.07) is 11.9. The van der Waals surface area contributed by atoms with E-state index in [9.17, 15) is 14.7 Å².